The van der Waals surface area contributed by atoms with Crippen molar-refractivity contribution in [1.29, 1.82) is 0 Å². The highest BCUT2D eigenvalue weighted by molar-refractivity contribution is 5.31. The third-order valence-electron chi connectivity index (χ3n) is 2.12. The minimum absolute atomic E-state index is 0.378. The van der Waals surface area contributed by atoms with E-state index in [0.29, 0.717) is 5.92 Å². The standard InChI is InChI=1S/C12H14/c1-4-10(2)11(3)12-8-6-5-7-9-12/h4-9,11H,1-2H2,3H3. The van der Waals surface area contributed by atoms with Gasteiger partial charge >= 0.3 is 0 Å². The lowest BCUT2D eigenvalue weighted by atomic mass is 9.94. The van der Waals surface area contributed by atoms with Crippen molar-refractivity contribution in [2.24, 2.45) is 0 Å². The van der Waals surface area contributed by atoms with E-state index in [2.05, 4.69) is 32.2 Å². The summed E-state index contributed by atoms with van der Waals surface area (Å²) in [4.78, 5) is 0. The van der Waals surface area contributed by atoms with Crippen LogP contribution in [0.1, 0.15) is 18.4 Å². The van der Waals surface area contributed by atoms with Crippen molar-refractivity contribution in [3.05, 3.63) is 60.7 Å². The molecule has 1 rings (SSSR count). The molecule has 1 aromatic carbocycles. The van der Waals surface area contributed by atoms with E-state index in [1.807, 2.05) is 24.3 Å². The average Bonchev–Trinajstić information content (AvgIpc) is 2.17. The Morgan fingerprint density at radius 3 is 2.42 bits per heavy atom. The van der Waals surface area contributed by atoms with Gasteiger partial charge in [0.25, 0.3) is 0 Å². The highest BCUT2D eigenvalue weighted by atomic mass is 14.1. The first-order valence-electron chi connectivity index (χ1n) is 4.12. The smallest absolute Gasteiger partial charge is 0.00549 e. The highest BCUT2D eigenvalue weighted by Crippen LogP contribution is 2.22. The maximum Gasteiger partial charge on any atom is 0.00549 e. The van der Waals surface area contributed by atoms with Gasteiger partial charge < -0.3 is 0 Å². The number of hydrogen-bond acceptors (Lipinski definition) is 0. The largest absolute Gasteiger partial charge is 0.0988 e. The molecular formula is C12H14. The normalized spacial score (nSPS) is 12.1. The maximum atomic E-state index is 3.93. The molecular weight excluding hydrogens is 144 g/mol. The Morgan fingerprint density at radius 2 is 1.92 bits per heavy atom. The monoisotopic (exact) mass is 158 g/mol. The second-order valence-electron chi connectivity index (χ2n) is 2.91. The lowest BCUT2D eigenvalue weighted by molar-refractivity contribution is 0.927. The van der Waals surface area contributed by atoms with E-state index in [4.69, 9.17) is 0 Å². The summed E-state index contributed by atoms with van der Waals surface area (Å²) in [5, 5.41) is 0. The second kappa shape index (κ2) is 3.91. The summed E-state index contributed by atoms with van der Waals surface area (Å²) in [5.74, 6) is 0.378. The molecule has 0 saturated carbocycles. The van der Waals surface area contributed by atoms with E-state index in [9.17, 15) is 0 Å². The van der Waals surface area contributed by atoms with Gasteiger partial charge in [0.1, 0.15) is 0 Å². The summed E-state index contributed by atoms with van der Waals surface area (Å²) in [6.07, 6.45) is 1.82. The van der Waals surface area contributed by atoms with Crippen LogP contribution in [0.25, 0.3) is 0 Å². The molecule has 0 aliphatic carbocycles. The molecule has 62 valence electrons. The van der Waals surface area contributed by atoms with Crippen LogP contribution in [0.4, 0.5) is 0 Å². The summed E-state index contributed by atoms with van der Waals surface area (Å²) in [5.41, 5.74) is 2.36. The molecule has 0 heterocycles. The van der Waals surface area contributed by atoms with Gasteiger partial charge in [-0.25, -0.2) is 0 Å². The molecule has 0 aromatic heterocycles. The van der Waals surface area contributed by atoms with Gasteiger partial charge in [-0.3, -0.25) is 0 Å². The van der Waals surface area contributed by atoms with Gasteiger partial charge in [-0.2, -0.15) is 0 Å². The van der Waals surface area contributed by atoms with E-state index in [1.54, 1.807) is 0 Å². The maximum absolute atomic E-state index is 3.93. The molecule has 0 N–H and O–H groups in total. The van der Waals surface area contributed by atoms with Crippen LogP contribution in [0.3, 0.4) is 0 Å². The first-order valence-corrected chi connectivity index (χ1v) is 4.12. The lowest BCUT2D eigenvalue weighted by Crippen LogP contribution is -1.93. The van der Waals surface area contributed by atoms with Crippen molar-refractivity contribution in [3.63, 3.8) is 0 Å². The zero-order valence-corrected chi connectivity index (χ0v) is 7.46. The molecule has 0 amide bonds. The van der Waals surface area contributed by atoms with Gasteiger partial charge in [-0.05, 0) is 11.1 Å². The zero-order chi connectivity index (χ0) is 8.97. The van der Waals surface area contributed by atoms with Gasteiger partial charge in [-0.15, -0.1) is 0 Å². The second-order valence-corrected chi connectivity index (χ2v) is 2.91. The van der Waals surface area contributed by atoms with E-state index < -0.39 is 0 Å². The Kier molecular flexibility index (Phi) is 2.87. The molecule has 0 spiro atoms. The fourth-order valence-corrected chi connectivity index (χ4v) is 1.13. The van der Waals surface area contributed by atoms with Crippen LogP contribution >= 0.6 is 0 Å². The van der Waals surface area contributed by atoms with Crippen LogP contribution in [0.5, 0.6) is 0 Å². The van der Waals surface area contributed by atoms with Gasteiger partial charge in [0.05, 0.1) is 0 Å². The molecule has 1 aromatic rings. The van der Waals surface area contributed by atoms with Crippen LogP contribution < -0.4 is 0 Å². The van der Waals surface area contributed by atoms with Crippen molar-refractivity contribution in [1.82, 2.24) is 0 Å². The summed E-state index contributed by atoms with van der Waals surface area (Å²) in [6, 6.07) is 10.3. The highest BCUT2D eigenvalue weighted by Gasteiger charge is 2.04. The Hall–Kier alpha value is -1.30. The Bertz CT molecular complexity index is 269. The first-order chi connectivity index (χ1) is 5.75. The van der Waals surface area contributed by atoms with E-state index in [1.165, 1.54) is 5.56 Å². The molecule has 0 nitrogen and oxygen atoms in total. The first kappa shape index (κ1) is 8.79. The zero-order valence-electron chi connectivity index (χ0n) is 7.46. The summed E-state index contributed by atoms with van der Waals surface area (Å²) in [7, 11) is 0. The van der Waals surface area contributed by atoms with Gasteiger partial charge in [0, 0.05) is 5.92 Å². The van der Waals surface area contributed by atoms with E-state index in [0.717, 1.165) is 5.57 Å². The molecule has 1 unspecified atom stereocenters. The Morgan fingerprint density at radius 1 is 1.33 bits per heavy atom. The molecule has 0 aliphatic heterocycles. The van der Waals surface area contributed by atoms with Crippen LogP contribution in [-0.2, 0) is 0 Å². The van der Waals surface area contributed by atoms with Crippen molar-refractivity contribution >= 4 is 0 Å². The molecule has 0 radical (unpaired) electrons. The van der Waals surface area contributed by atoms with Crippen molar-refractivity contribution < 1.29 is 0 Å². The van der Waals surface area contributed by atoms with Gasteiger partial charge in [-0.1, -0.05) is 56.5 Å². The number of hydrogen-bond donors (Lipinski definition) is 0. The summed E-state index contributed by atoms with van der Waals surface area (Å²) < 4.78 is 0. The van der Waals surface area contributed by atoms with Crippen molar-refractivity contribution in [3.8, 4) is 0 Å². The third-order valence-corrected chi connectivity index (χ3v) is 2.12. The number of allylic oxidation sites excluding steroid dienone is 2. The quantitative estimate of drug-likeness (QED) is 0.590. The molecule has 0 bridgehead atoms. The van der Waals surface area contributed by atoms with Crippen molar-refractivity contribution in [2.45, 2.75) is 12.8 Å². The fourth-order valence-electron chi connectivity index (χ4n) is 1.13. The number of rotatable bonds is 3. The molecule has 0 heteroatoms. The average molecular weight is 158 g/mol. The van der Waals surface area contributed by atoms with E-state index in [-0.39, 0.29) is 0 Å². The molecule has 0 fully saturated rings. The van der Waals surface area contributed by atoms with Crippen LogP contribution in [0.15, 0.2) is 55.1 Å². The fraction of sp³-hybridized carbons (Fsp3) is 0.167. The van der Waals surface area contributed by atoms with E-state index >= 15 is 0 Å². The summed E-state index contributed by atoms with van der Waals surface area (Å²) >= 11 is 0. The molecule has 0 saturated heterocycles. The van der Waals surface area contributed by atoms with Crippen LogP contribution in [0, 0.1) is 0 Å². The lowest BCUT2D eigenvalue weighted by Gasteiger charge is -2.10. The predicted molar refractivity (Wildman–Crippen MR) is 54.2 cm³/mol. The minimum atomic E-state index is 0.378. The minimum Gasteiger partial charge on any atom is -0.0988 e. The molecule has 1 atom stereocenters. The van der Waals surface area contributed by atoms with Crippen LogP contribution in [0.2, 0.25) is 0 Å². The Balaban J connectivity index is 2.85. The topological polar surface area (TPSA) is 0 Å². The van der Waals surface area contributed by atoms with Gasteiger partial charge in [0.2, 0.25) is 0 Å². The molecule has 12 heavy (non-hydrogen) atoms. The Labute approximate surface area is 74.2 Å². The predicted octanol–water partition coefficient (Wildman–Crippen LogP) is 3.53. The van der Waals surface area contributed by atoms with Crippen molar-refractivity contribution in [2.75, 3.05) is 0 Å². The van der Waals surface area contributed by atoms with Gasteiger partial charge in [0.15, 0.2) is 0 Å². The SMILES string of the molecule is C=CC(=C)C(C)c1ccccc1. The van der Waals surface area contributed by atoms with Crippen LogP contribution in [-0.4, -0.2) is 0 Å². The number of benzene rings is 1. The third kappa shape index (κ3) is 1.85. The molecule has 0 aliphatic rings. The summed E-state index contributed by atoms with van der Waals surface area (Å²) in [6.45, 7) is 9.78.